The molecule has 0 aromatic carbocycles. The van der Waals surface area contributed by atoms with E-state index in [2.05, 4.69) is 55.3 Å². The topological polar surface area (TPSA) is 66.8 Å². The molecule has 0 bridgehead atoms. The molecule has 1 saturated heterocycles. The van der Waals surface area contributed by atoms with Crippen molar-refractivity contribution in [1.82, 2.24) is 24.8 Å². The highest BCUT2D eigenvalue weighted by Crippen LogP contribution is 2.29. The molecule has 0 amide bonds. The Morgan fingerprint density at radius 3 is 2.74 bits per heavy atom. The smallest absolute Gasteiger partial charge is 0.228 e. The predicted octanol–water partition coefficient (Wildman–Crippen LogP) is 3.70. The number of nitrogens with zero attached hydrogens (tertiary/aromatic N) is 5. The van der Waals surface area contributed by atoms with Gasteiger partial charge in [-0.15, -0.1) is 0 Å². The summed E-state index contributed by atoms with van der Waals surface area (Å²) in [5.74, 6) is 1.86. The van der Waals surface area contributed by atoms with E-state index in [4.69, 9.17) is 0 Å². The third-order valence-electron chi connectivity index (χ3n) is 5.06. The first-order valence-corrected chi connectivity index (χ1v) is 9.41. The number of rotatable bonds is 5. The second-order valence-electron chi connectivity index (χ2n) is 7.01. The summed E-state index contributed by atoms with van der Waals surface area (Å²) >= 11 is 0. The summed E-state index contributed by atoms with van der Waals surface area (Å²) in [6, 6.07) is 10.2. The number of pyridine rings is 2. The molecule has 0 radical (unpaired) electrons. The summed E-state index contributed by atoms with van der Waals surface area (Å²) in [7, 11) is 0. The Kier molecular flexibility index (Phi) is 5.34. The standard InChI is InChI=1S/C21H24N6/c1-16-5-2-8-22-19(16)15-27-12-3-6-18(14-27)17-7-11-23-20(13-17)26-21-24-9-4-10-25-21/h2,4-5,7-11,13,18H,3,6,12,14-15H2,1H3,(H,23,24,25,26). The van der Waals surface area contributed by atoms with Crippen molar-refractivity contribution in [2.75, 3.05) is 18.4 Å². The van der Waals surface area contributed by atoms with Crippen LogP contribution < -0.4 is 5.32 Å². The Labute approximate surface area is 159 Å². The van der Waals surface area contributed by atoms with Crippen LogP contribution in [0.15, 0.2) is 55.1 Å². The van der Waals surface area contributed by atoms with Crippen LogP contribution in [0, 0.1) is 6.92 Å². The molecule has 0 spiro atoms. The normalized spacial score (nSPS) is 17.6. The van der Waals surface area contributed by atoms with E-state index in [9.17, 15) is 0 Å². The van der Waals surface area contributed by atoms with Crippen LogP contribution in [-0.2, 0) is 6.54 Å². The van der Waals surface area contributed by atoms with Crippen LogP contribution in [0.5, 0.6) is 0 Å². The maximum absolute atomic E-state index is 4.56. The molecule has 0 saturated carbocycles. The van der Waals surface area contributed by atoms with Gasteiger partial charge >= 0.3 is 0 Å². The largest absolute Gasteiger partial charge is 0.309 e. The zero-order chi connectivity index (χ0) is 18.5. The van der Waals surface area contributed by atoms with Gasteiger partial charge in [0.15, 0.2) is 0 Å². The first kappa shape index (κ1) is 17.5. The lowest BCUT2D eigenvalue weighted by Gasteiger charge is -2.33. The second kappa shape index (κ2) is 8.22. The van der Waals surface area contributed by atoms with Crippen molar-refractivity contribution in [3.05, 3.63) is 71.9 Å². The molecule has 4 rings (SSSR count). The van der Waals surface area contributed by atoms with E-state index < -0.39 is 0 Å². The highest BCUT2D eigenvalue weighted by atomic mass is 15.1. The Bertz CT molecular complexity index is 883. The van der Waals surface area contributed by atoms with Crippen molar-refractivity contribution in [3.63, 3.8) is 0 Å². The number of hydrogen-bond donors (Lipinski definition) is 1. The minimum Gasteiger partial charge on any atom is -0.309 e. The first-order chi connectivity index (χ1) is 13.3. The van der Waals surface area contributed by atoms with Crippen LogP contribution in [0.1, 0.15) is 35.6 Å². The molecule has 27 heavy (non-hydrogen) atoms. The molecule has 0 aliphatic carbocycles. The Morgan fingerprint density at radius 1 is 1.04 bits per heavy atom. The van der Waals surface area contributed by atoms with Gasteiger partial charge in [0.1, 0.15) is 5.82 Å². The second-order valence-corrected chi connectivity index (χ2v) is 7.01. The van der Waals surface area contributed by atoms with E-state index in [-0.39, 0.29) is 0 Å². The zero-order valence-electron chi connectivity index (χ0n) is 15.5. The van der Waals surface area contributed by atoms with Crippen molar-refractivity contribution < 1.29 is 0 Å². The number of likely N-dealkylation sites (tertiary alicyclic amines) is 1. The molecular formula is C21H24N6. The third kappa shape index (κ3) is 4.46. The molecule has 4 heterocycles. The van der Waals surface area contributed by atoms with Gasteiger partial charge in [0, 0.05) is 37.9 Å². The maximum Gasteiger partial charge on any atom is 0.228 e. The van der Waals surface area contributed by atoms with Crippen molar-refractivity contribution in [2.45, 2.75) is 32.2 Å². The Hall–Kier alpha value is -2.86. The van der Waals surface area contributed by atoms with E-state index in [1.807, 2.05) is 18.5 Å². The average molecular weight is 360 g/mol. The van der Waals surface area contributed by atoms with Crippen LogP contribution in [0.2, 0.25) is 0 Å². The van der Waals surface area contributed by atoms with Gasteiger partial charge in [-0.1, -0.05) is 6.07 Å². The Balaban J connectivity index is 1.45. The van der Waals surface area contributed by atoms with Crippen molar-refractivity contribution in [3.8, 4) is 0 Å². The number of nitrogens with one attached hydrogen (secondary N) is 1. The summed E-state index contributed by atoms with van der Waals surface area (Å²) in [6.07, 6.45) is 9.58. The van der Waals surface area contributed by atoms with Crippen LogP contribution in [0.3, 0.4) is 0 Å². The summed E-state index contributed by atoms with van der Waals surface area (Å²) in [6.45, 7) is 5.22. The van der Waals surface area contributed by atoms with Crippen LogP contribution >= 0.6 is 0 Å². The van der Waals surface area contributed by atoms with Gasteiger partial charge in [0.2, 0.25) is 5.95 Å². The number of piperidine rings is 1. The molecule has 6 nitrogen and oxygen atoms in total. The highest BCUT2D eigenvalue weighted by Gasteiger charge is 2.22. The van der Waals surface area contributed by atoms with E-state index >= 15 is 0 Å². The number of anilines is 2. The van der Waals surface area contributed by atoms with Crippen LogP contribution in [-0.4, -0.2) is 37.9 Å². The lowest BCUT2D eigenvalue weighted by atomic mass is 9.91. The first-order valence-electron chi connectivity index (χ1n) is 9.41. The van der Waals surface area contributed by atoms with Crippen LogP contribution in [0.4, 0.5) is 11.8 Å². The molecule has 138 valence electrons. The fourth-order valence-electron chi connectivity index (χ4n) is 3.61. The van der Waals surface area contributed by atoms with Gasteiger partial charge in [0.05, 0.1) is 5.69 Å². The van der Waals surface area contributed by atoms with Gasteiger partial charge in [0.25, 0.3) is 0 Å². The highest BCUT2D eigenvalue weighted by molar-refractivity contribution is 5.48. The van der Waals surface area contributed by atoms with Gasteiger partial charge in [-0.25, -0.2) is 15.0 Å². The molecule has 1 fully saturated rings. The summed E-state index contributed by atoms with van der Waals surface area (Å²) in [5.41, 5.74) is 3.75. The molecule has 3 aromatic rings. The minimum absolute atomic E-state index is 0.503. The molecule has 1 aliphatic heterocycles. The summed E-state index contributed by atoms with van der Waals surface area (Å²) in [5, 5.41) is 3.18. The van der Waals surface area contributed by atoms with Crippen LogP contribution in [0.25, 0.3) is 0 Å². The fourth-order valence-corrected chi connectivity index (χ4v) is 3.61. The molecule has 1 atom stereocenters. The number of aromatic nitrogens is 4. The SMILES string of the molecule is Cc1cccnc1CN1CCCC(c2ccnc(Nc3ncccn3)c2)C1. The van der Waals surface area contributed by atoms with Crippen molar-refractivity contribution in [2.24, 2.45) is 0 Å². The van der Waals surface area contributed by atoms with Crippen molar-refractivity contribution >= 4 is 11.8 Å². The fraction of sp³-hybridized carbons (Fsp3) is 0.333. The number of aryl methyl sites for hydroxylation is 1. The van der Waals surface area contributed by atoms with Gasteiger partial charge in [-0.2, -0.15) is 0 Å². The number of hydrogen-bond acceptors (Lipinski definition) is 6. The van der Waals surface area contributed by atoms with E-state index in [1.54, 1.807) is 18.5 Å². The minimum atomic E-state index is 0.503. The Morgan fingerprint density at radius 2 is 1.89 bits per heavy atom. The average Bonchev–Trinajstić information content (AvgIpc) is 2.71. The summed E-state index contributed by atoms with van der Waals surface area (Å²) in [4.78, 5) is 19.9. The van der Waals surface area contributed by atoms with Gasteiger partial charge < -0.3 is 5.32 Å². The predicted molar refractivity (Wildman–Crippen MR) is 106 cm³/mol. The van der Waals surface area contributed by atoms with E-state index in [1.165, 1.54) is 29.7 Å². The van der Waals surface area contributed by atoms with Gasteiger partial charge in [-0.3, -0.25) is 9.88 Å². The molecular weight excluding hydrogens is 336 g/mol. The molecule has 1 unspecified atom stereocenters. The lowest BCUT2D eigenvalue weighted by molar-refractivity contribution is 0.198. The molecule has 1 N–H and O–H groups in total. The van der Waals surface area contributed by atoms with Crippen molar-refractivity contribution in [1.29, 1.82) is 0 Å². The lowest BCUT2D eigenvalue weighted by Crippen LogP contribution is -2.34. The van der Waals surface area contributed by atoms with E-state index in [0.29, 0.717) is 11.9 Å². The van der Waals surface area contributed by atoms with Gasteiger partial charge in [-0.05, 0) is 67.6 Å². The summed E-state index contributed by atoms with van der Waals surface area (Å²) < 4.78 is 0. The van der Waals surface area contributed by atoms with E-state index in [0.717, 1.165) is 25.5 Å². The zero-order valence-corrected chi connectivity index (χ0v) is 15.5. The molecule has 1 aliphatic rings. The molecule has 3 aromatic heterocycles. The molecule has 6 heteroatoms. The third-order valence-corrected chi connectivity index (χ3v) is 5.06. The maximum atomic E-state index is 4.56. The monoisotopic (exact) mass is 360 g/mol. The quantitative estimate of drug-likeness (QED) is 0.748.